The number of carbonyl (C=O) groups excluding carboxylic acids is 1. The van der Waals surface area contributed by atoms with Gasteiger partial charge in [-0.1, -0.05) is 19.3 Å². The summed E-state index contributed by atoms with van der Waals surface area (Å²) in [4.78, 5) is 11.1. The Bertz CT molecular complexity index is 209. The lowest BCUT2D eigenvalue weighted by Crippen LogP contribution is -2.36. The second-order valence-electron chi connectivity index (χ2n) is 4.02. The van der Waals surface area contributed by atoms with Crippen LogP contribution in [0.5, 0.6) is 0 Å². The largest absolute Gasteiger partial charge is 0.389 e. The predicted molar refractivity (Wildman–Crippen MR) is 50.3 cm³/mol. The quantitative estimate of drug-likeness (QED) is 0.783. The normalized spacial score (nSPS) is 18.9. The van der Waals surface area contributed by atoms with Crippen molar-refractivity contribution in [3.63, 3.8) is 0 Å². The maximum absolute atomic E-state index is 11.8. The average Bonchev–Trinajstić information content (AvgIpc) is 2.15. The Hall–Kier alpha value is -0.740. The summed E-state index contributed by atoms with van der Waals surface area (Å²) < 4.78 is 35.4. The molecule has 0 aromatic carbocycles. The van der Waals surface area contributed by atoms with Crippen molar-refractivity contribution >= 4 is 5.91 Å². The van der Waals surface area contributed by atoms with E-state index in [1.165, 1.54) is 0 Å². The van der Waals surface area contributed by atoms with Crippen LogP contribution in [0.3, 0.4) is 0 Å². The van der Waals surface area contributed by atoms with Gasteiger partial charge in [-0.25, -0.2) is 0 Å². The highest BCUT2D eigenvalue weighted by Crippen LogP contribution is 2.22. The molecule has 1 amide bonds. The summed E-state index contributed by atoms with van der Waals surface area (Å²) in [7, 11) is 0. The topological polar surface area (TPSA) is 29.1 Å². The van der Waals surface area contributed by atoms with Crippen LogP contribution in [0.25, 0.3) is 0 Å². The zero-order valence-electron chi connectivity index (χ0n) is 8.57. The third-order valence-corrected chi connectivity index (χ3v) is 2.61. The first-order valence-corrected chi connectivity index (χ1v) is 5.33. The lowest BCUT2D eigenvalue weighted by molar-refractivity contribution is -0.144. The van der Waals surface area contributed by atoms with Crippen LogP contribution in [0.15, 0.2) is 0 Å². The standard InChI is InChI=1S/C10H16F3NO/c11-10(12,13)7-6-9(15)14-8-4-2-1-3-5-8/h8H,1-7H2,(H,14,15). The molecule has 1 rings (SSSR count). The Labute approximate surface area is 87.2 Å². The molecule has 0 atom stereocenters. The molecule has 1 aliphatic carbocycles. The van der Waals surface area contributed by atoms with Gasteiger partial charge in [0.1, 0.15) is 0 Å². The number of amides is 1. The van der Waals surface area contributed by atoms with Crippen molar-refractivity contribution in [1.29, 1.82) is 0 Å². The molecule has 1 aliphatic rings. The van der Waals surface area contributed by atoms with E-state index in [9.17, 15) is 18.0 Å². The van der Waals surface area contributed by atoms with E-state index in [2.05, 4.69) is 5.32 Å². The highest BCUT2D eigenvalue weighted by atomic mass is 19.4. The molecule has 0 aromatic rings. The second kappa shape index (κ2) is 5.37. The van der Waals surface area contributed by atoms with Gasteiger partial charge in [0, 0.05) is 12.5 Å². The Morgan fingerprint density at radius 1 is 1.20 bits per heavy atom. The van der Waals surface area contributed by atoms with Crippen LogP contribution in [-0.4, -0.2) is 18.1 Å². The van der Waals surface area contributed by atoms with E-state index >= 15 is 0 Å². The summed E-state index contributed by atoms with van der Waals surface area (Å²) in [6.07, 6.45) is -0.617. The monoisotopic (exact) mass is 223 g/mol. The third kappa shape index (κ3) is 5.64. The van der Waals surface area contributed by atoms with Crippen molar-refractivity contribution < 1.29 is 18.0 Å². The van der Waals surface area contributed by atoms with E-state index in [0.29, 0.717) is 0 Å². The fourth-order valence-electron chi connectivity index (χ4n) is 1.80. The fraction of sp³-hybridized carbons (Fsp3) is 0.900. The van der Waals surface area contributed by atoms with Crippen molar-refractivity contribution in [2.45, 2.75) is 57.2 Å². The van der Waals surface area contributed by atoms with E-state index < -0.39 is 24.9 Å². The Morgan fingerprint density at radius 3 is 2.33 bits per heavy atom. The minimum atomic E-state index is -4.23. The molecule has 0 spiro atoms. The van der Waals surface area contributed by atoms with Gasteiger partial charge < -0.3 is 5.32 Å². The molecule has 15 heavy (non-hydrogen) atoms. The molecule has 0 bridgehead atoms. The highest BCUT2D eigenvalue weighted by molar-refractivity contribution is 5.76. The SMILES string of the molecule is O=C(CCC(F)(F)F)NC1CCCCC1. The van der Waals surface area contributed by atoms with Gasteiger partial charge >= 0.3 is 6.18 Å². The van der Waals surface area contributed by atoms with Crippen molar-refractivity contribution in [3.05, 3.63) is 0 Å². The maximum Gasteiger partial charge on any atom is 0.389 e. The van der Waals surface area contributed by atoms with E-state index in [1.54, 1.807) is 0 Å². The van der Waals surface area contributed by atoms with Crippen LogP contribution in [0.1, 0.15) is 44.9 Å². The van der Waals surface area contributed by atoms with Crippen molar-refractivity contribution in [1.82, 2.24) is 5.32 Å². The summed E-state index contributed by atoms with van der Waals surface area (Å²) in [5.41, 5.74) is 0. The zero-order valence-corrected chi connectivity index (χ0v) is 8.57. The molecule has 1 N–H and O–H groups in total. The molecule has 0 radical (unpaired) electrons. The van der Waals surface area contributed by atoms with Crippen LogP contribution >= 0.6 is 0 Å². The number of hydrogen-bond acceptors (Lipinski definition) is 1. The third-order valence-electron chi connectivity index (χ3n) is 2.61. The van der Waals surface area contributed by atoms with Crippen molar-refractivity contribution in [2.75, 3.05) is 0 Å². The smallest absolute Gasteiger partial charge is 0.353 e. The number of nitrogens with one attached hydrogen (secondary N) is 1. The Balaban J connectivity index is 2.17. The van der Waals surface area contributed by atoms with E-state index in [4.69, 9.17) is 0 Å². The van der Waals surface area contributed by atoms with Crippen molar-refractivity contribution in [2.24, 2.45) is 0 Å². The van der Waals surface area contributed by atoms with E-state index in [0.717, 1.165) is 32.1 Å². The maximum atomic E-state index is 11.8. The lowest BCUT2D eigenvalue weighted by atomic mass is 9.95. The molecule has 0 unspecified atom stereocenters. The van der Waals surface area contributed by atoms with Gasteiger partial charge in [0.2, 0.25) is 5.91 Å². The number of carbonyl (C=O) groups is 1. The van der Waals surface area contributed by atoms with Crippen LogP contribution in [0.4, 0.5) is 13.2 Å². The summed E-state index contributed by atoms with van der Waals surface area (Å²) in [5, 5.41) is 2.65. The van der Waals surface area contributed by atoms with Gasteiger partial charge in [0.05, 0.1) is 6.42 Å². The molecule has 1 saturated carbocycles. The molecule has 2 nitrogen and oxygen atoms in total. The minimum Gasteiger partial charge on any atom is -0.353 e. The summed E-state index contributed by atoms with van der Waals surface area (Å²) >= 11 is 0. The first kappa shape index (κ1) is 12.3. The fourth-order valence-corrected chi connectivity index (χ4v) is 1.80. The average molecular weight is 223 g/mol. The molecule has 0 heterocycles. The highest BCUT2D eigenvalue weighted by Gasteiger charge is 2.28. The summed E-state index contributed by atoms with van der Waals surface area (Å²) in [5.74, 6) is -0.473. The van der Waals surface area contributed by atoms with Crippen LogP contribution in [0.2, 0.25) is 0 Å². The van der Waals surface area contributed by atoms with E-state index in [1.807, 2.05) is 0 Å². The molecule has 0 aromatic heterocycles. The predicted octanol–water partition coefficient (Wildman–Crippen LogP) is 2.78. The van der Waals surface area contributed by atoms with Crippen LogP contribution in [0, 0.1) is 0 Å². The molecule has 0 saturated heterocycles. The first-order chi connectivity index (χ1) is 6.97. The number of alkyl halides is 3. The van der Waals surface area contributed by atoms with E-state index in [-0.39, 0.29) is 6.04 Å². The van der Waals surface area contributed by atoms with Gasteiger partial charge in [0.25, 0.3) is 0 Å². The minimum absolute atomic E-state index is 0.0967. The van der Waals surface area contributed by atoms with Crippen LogP contribution < -0.4 is 5.32 Å². The molecule has 0 aliphatic heterocycles. The number of rotatable bonds is 3. The molecular formula is C10H16F3NO. The van der Waals surface area contributed by atoms with Crippen LogP contribution in [-0.2, 0) is 4.79 Å². The lowest BCUT2D eigenvalue weighted by Gasteiger charge is -2.22. The van der Waals surface area contributed by atoms with Gasteiger partial charge in [-0.15, -0.1) is 0 Å². The summed E-state index contributed by atoms with van der Waals surface area (Å²) in [6, 6.07) is 0.0967. The molecular weight excluding hydrogens is 207 g/mol. The number of halogens is 3. The molecule has 5 heteroatoms. The Morgan fingerprint density at radius 2 is 1.80 bits per heavy atom. The Kier molecular flexibility index (Phi) is 4.42. The molecule has 1 fully saturated rings. The summed E-state index contributed by atoms with van der Waals surface area (Å²) in [6.45, 7) is 0. The first-order valence-electron chi connectivity index (χ1n) is 5.33. The van der Waals surface area contributed by atoms with Crippen molar-refractivity contribution in [3.8, 4) is 0 Å². The van der Waals surface area contributed by atoms with Gasteiger partial charge in [-0.2, -0.15) is 13.2 Å². The second-order valence-corrected chi connectivity index (χ2v) is 4.02. The van der Waals surface area contributed by atoms with Gasteiger partial charge in [0.15, 0.2) is 0 Å². The van der Waals surface area contributed by atoms with Gasteiger partial charge in [-0.05, 0) is 12.8 Å². The number of hydrogen-bond donors (Lipinski definition) is 1. The van der Waals surface area contributed by atoms with Gasteiger partial charge in [-0.3, -0.25) is 4.79 Å². The zero-order chi connectivity index (χ0) is 11.3. The molecule has 88 valence electrons.